The quantitative estimate of drug-likeness (QED) is 0.350. The van der Waals surface area contributed by atoms with Gasteiger partial charge in [-0.05, 0) is 5.41 Å². The summed E-state index contributed by atoms with van der Waals surface area (Å²) in [7, 11) is -4.94. The van der Waals surface area contributed by atoms with Crippen LogP contribution in [0.3, 0.4) is 0 Å². The van der Waals surface area contributed by atoms with E-state index in [4.69, 9.17) is 18.6 Å². The van der Waals surface area contributed by atoms with Gasteiger partial charge in [-0.3, -0.25) is 0 Å². The van der Waals surface area contributed by atoms with Gasteiger partial charge in [0.2, 0.25) is 0 Å². The molecule has 4 N–H and O–H groups in total. The van der Waals surface area contributed by atoms with E-state index in [1.165, 1.54) is 0 Å². The summed E-state index contributed by atoms with van der Waals surface area (Å²) in [5, 5.41) is 4.14. The predicted molar refractivity (Wildman–Crippen MR) is 30.6 cm³/mol. The summed E-state index contributed by atoms with van der Waals surface area (Å²) in [6, 6.07) is 0. The number of fused-ring (bicyclic) bond motifs is 1. The van der Waals surface area contributed by atoms with Crippen molar-refractivity contribution in [3.8, 4) is 0 Å². The zero-order chi connectivity index (χ0) is 9.90. The number of hydrogen-bond donors (Lipinski definition) is 3. The Morgan fingerprint density at radius 1 is 1.38 bits per heavy atom. The van der Waals surface area contributed by atoms with Crippen LogP contribution in [-0.2, 0) is 0 Å². The highest BCUT2D eigenvalue weighted by atomic mass is 35.7. The number of nitrogens with zero attached hydrogens (tertiary/aromatic N) is 1. The average Bonchev–Trinajstić information content (AvgIpc) is 2.36. The van der Waals surface area contributed by atoms with Crippen molar-refractivity contribution in [1.29, 1.82) is 0 Å². The molecule has 0 spiro atoms. The van der Waals surface area contributed by atoms with Crippen LogP contribution in [0, 0.1) is 10.2 Å². The highest BCUT2D eigenvalue weighted by Gasteiger charge is 2.27. The normalized spacial score (nSPS) is 25.5. The first-order valence-corrected chi connectivity index (χ1v) is 5.20. The Bertz CT molecular complexity index is 192. The lowest BCUT2D eigenvalue weighted by molar-refractivity contribution is -2.00. The molecule has 13 heavy (non-hydrogen) atoms. The van der Waals surface area contributed by atoms with Crippen LogP contribution < -0.4 is 35.1 Å². The van der Waals surface area contributed by atoms with Crippen LogP contribution in [0.4, 0.5) is 0 Å². The van der Waals surface area contributed by atoms with E-state index in [2.05, 4.69) is 21.4 Å². The molecule has 0 saturated carbocycles. The second-order valence-corrected chi connectivity index (χ2v) is 3.76. The summed E-state index contributed by atoms with van der Waals surface area (Å²) in [6.45, 7) is 0. The van der Waals surface area contributed by atoms with Gasteiger partial charge < -0.3 is 0 Å². The lowest BCUT2D eigenvalue weighted by Crippen LogP contribution is -2.96. The lowest BCUT2D eigenvalue weighted by atomic mass is 10.9. The third kappa shape index (κ3) is 4.61. The minimum atomic E-state index is -4.94. The Labute approximate surface area is 79.9 Å². The highest BCUT2D eigenvalue weighted by Crippen LogP contribution is 2.18. The van der Waals surface area contributed by atoms with Crippen LogP contribution >= 0.6 is 11.8 Å². The minimum absolute atomic E-state index is 0.398. The van der Waals surface area contributed by atoms with Gasteiger partial charge in [0, 0.05) is 0 Å². The molecular weight excluding hydrogens is 224 g/mol. The van der Waals surface area contributed by atoms with Gasteiger partial charge in [-0.15, -0.1) is 10.2 Å². The Balaban J connectivity index is 0.000000149. The molecule has 0 bridgehead atoms. The van der Waals surface area contributed by atoms with Gasteiger partial charge in [-0.25, -0.2) is 18.6 Å². The van der Waals surface area contributed by atoms with Crippen LogP contribution in [0.25, 0.3) is 0 Å². The first-order chi connectivity index (χ1) is 5.97. The molecule has 0 aromatic rings. The third-order valence-electron chi connectivity index (χ3n) is 1.13. The van der Waals surface area contributed by atoms with Gasteiger partial charge in [-0.2, -0.15) is 16.0 Å². The molecule has 2 aliphatic heterocycles. The van der Waals surface area contributed by atoms with Crippen molar-refractivity contribution in [2.45, 2.75) is 5.50 Å². The second-order valence-electron chi connectivity index (χ2n) is 2.02. The maximum absolute atomic E-state index is 8.49. The Morgan fingerprint density at radius 2 is 2.00 bits per heavy atom. The van der Waals surface area contributed by atoms with E-state index >= 15 is 0 Å². The van der Waals surface area contributed by atoms with Crippen molar-refractivity contribution in [2.75, 3.05) is 0 Å². The molecule has 2 rings (SSSR count). The number of nitrogens with two attached hydrogens (primary N) is 1. The molecular formula is C3H7ClN4O4S. The molecule has 0 amide bonds. The van der Waals surface area contributed by atoms with Gasteiger partial charge in [0.25, 0.3) is 0 Å². The molecule has 1 fully saturated rings. The molecule has 1 atom stereocenters. The Hall–Kier alpha value is -0.100. The summed E-state index contributed by atoms with van der Waals surface area (Å²) in [5.74, 6) is 0. The maximum atomic E-state index is 8.49. The Morgan fingerprint density at radius 3 is 2.54 bits per heavy atom. The van der Waals surface area contributed by atoms with Crippen LogP contribution in [-0.4, -0.2) is 10.5 Å². The van der Waals surface area contributed by atoms with E-state index in [1.807, 2.05) is 11.7 Å². The number of rotatable bonds is 0. The number of hydrogen-bond acceptors (Lipinski definition) is 8. The SMILES string of the molecule is C1=CN2[NH2+]NNC2S1.[O-][Cl+3]([O-])([O-])[O-]. The summed E-state index contributed by atoms with van der Waals surface area (Å²) >= 11 is 1.75. The van der Waals surface area contributed by atoms with Gasteiger partial charge >= 0.3 is 0 Å². The molecule has 2 aliphatic rings. The maximum Gasteiger partial charge on any atom is 0.197 e. The molecule has 0 aromatic carbocycles. The van der Waals surface area contributed by atoms with Gasteiger partial charge in [0.1, 0.15) is 0 Å². The first kappa shape index (κ1) is 11.0. The van der Waals surface area contributed by atoms with E-state index in [0.717, 1.165) is 0 Å². The molecule has 0 aromatic heterocycles. The van der Waals surface area contributed by atoms with Crippen molar-refractivity contribution in [3.05, 3.63) is 11.6 Å². The van der Waals surface area contributed by atoms with Crippen LogP contribution in [0.1, 0.15) is 0 Å². The fourth-order valence-corrected chi connectivity index (χ4v) is 1.50. The van der Waals surface area contributed by atoms with Crippen molar-refractivity contribution < 1.29 is 34.4 Å². The van der Waals surface area contributed by atoms with E-state index in [-0.39, 0.29) is 0 Å². The molecule has 0 aliphatic carbocycles. The van der Waals surface area contributed by atoms with Crippen molar-refractivity contribution in [3.63, 3.8) is 0 Å². The summed E-state index contributed by atoms with van der Waals surface area (Å²) in [4.78, 5) is 0. The van der Waals surface area contributed by atoms with Gasteiger partial charge in [0.05, 0.1) is 6.20 Å². The summed E-state index contributed by atoms with van der Waals surface area (Å²) in [6.07, 6.45) is 2.03. The smallest absolute Gasteiger partial charge is 0.197 e. The molecule has 10 heteroatoms. The van der Waals surface area contributed by atoms with Gasteiger partial charge in [0.15, 0.2) is 5.50 Å². The van der Waals surface area contributed by atoms with Crippen LogP contribution in [0.2, 0.25) is 0 Å². The topological polar surface area (TPSA) is 136 Å². The van der Waals surface area contributed by atoms with Crippen molar-refractivity contribution in [2.24, 2.45) is 0 Å². The molecule has 1 saturated heterocycles. The molecule has 0 radical (unpaired) electrons. The minimum Gasteiger partial charge on any atom is -0.222 e. The van der Waals surface area contributed by atoms with E-state index < -0.39 is 10.2 Å². The molecule has 2 heterocycles. The van der Waals surface area contributed by atoms with E-state index in [0.29, 0.717) is 5.50 Å². The third-order valence-corrected chi connectivity index (χ3v) is 2.03. The van der Waals surface area contributed by atoms with E-state index in [9.17, 15) is 0 Å². The largest absolute Gasteiger partial charge is 0.222 e. The molecule has 76 valence electrons. The van der Waals surface area contributed by atoms with Crippen LogP contribution in [0.15, 0.2) is 11.6 Å². The summed E-state index contributed by atoms with van der Waals surface area (Å²) < 4.78 is 34.0. The van der Waals surface area contributed by atoms with Crippen molar-refractivity contribution in [1.82, 2.24) is 16.0 Å². The highest BCUT2D eigenvalue weighted by molar-refractivity contribution is 8.02. The number of hydrazine groups is 1. The van der Waals surface area contributed by atoms with Gasteiger partial charge in [-0.1, -0.05) is 17.3 Å². The number of halogens is 1. The lowest BCUT2D eigenvalue weighted by Gasteiger charge is -2.17. The zero-order valence-electron chi connectivity index (χ0n) is 6.18. The van der Waals surface area contributed by atoms with Crippen LogP contribution in [0.5, 0.6) is 0 Å². The number of quaternary nitrogens is 1. The predicted octanol–water partition coefficient (Wildman–Crippen LogP) is -6.46. The number of thioether (sulfide) groups is 1. The zero-order valence-corrected chi connectivity index (χ0v) is 7.75. The Kier molecular flexibility index (Phi) is 3.73. The van der Waals surface area contributed by atoms with Crippen molar-refractivity contribution >= 4 is 11.8 Å². The summed E-state index contributed by atoms with van der Waals surface area (Å²) in [5.41, 5.74) is 8.24. The molecule has 8 nitrogen and oxygen atoms in total. The van der Waals surface area contributed by atoms with E-state index in [1.54, 1.807) is 11.8 Å². The monoisotopic (exact) mass is 230 g/mol. The fourth-order valence-electron chi connectivity index (χ4n) is 0.731. The first-order valence-electron chi connectivity index (χ1n) is 3.02. The second kappa shape index (κ2) is 4.41. The molecule has 1 unspecified atom stereocenters. The average molecular weight is 231 g/mol. The number of nitrogens with one attached hydrogen (secondary N) is 2. The fraction of sp³-hybridized carbons (Fsp3) is 0.333. The standard InChI is InChI=1S/C3H6N4S.ClHO4/c1-2-8-3-4-5-6-7(1)3;2-1(3,4)5/h1-6H;(H,2,3,4,5).